The lowest BCUT2D eigenvalue weighted by Crippen LogP contribution is -2.10. The molecule has 9 aromatic rings. The second-order valence-electron chi connectivity index (χ2n) is 11.0. The van der Waals surface area contributed by atoms with E-state index in [0.717, 1.165) is 39.0 Å². The number of hydrogen-bond acceptors (Lipinski definition) is 3. The molecule has 43 heavy (non-hydrogen) atoms. The van der Waals surface area contributed by atoms with Crippen LogP contribution in [0.3, 0.4) is 0 Å². The van der Waals surface area contributed by atoms with Gasteiger partial charge in [0.1, 0.15) is 11.2 Å². The monoisotopic (exact) mass is 567 g/mol. The lowest BCUT2D eigenvalue weighted by atomic mass is 9.97. The highest BCUT2D eigenvalue weighted by atomic mass is 32.1. The molecule has 0 atom stereocenters. The minimum absolute atomic E-state index is 0.885. The third-order valence-corrected chi connectivity index (χ3v) is 9.60. The van der Waals surface area contributed by atoms with E-state index >= 15 is 0 Å². The van der Waals surface area contributed by atoms with Crippen molar-refractivity contribution in [3.63, 3.8) is 0 Å². The fourth-order valence-electron chi connectivity index (χ4n) is 6.44. The maximum Gasteiger partial charge on any atom is 0.137 e. The van der Waals surface area contributed by atoms with E-state index in [9.17, 15) is 0 Å². The van der Waals surface area contributed by atoms with E-state index in [-0.39, 0.29) is 0 Å². The maximum absolute atomic E-state index is 6.35. The molecule has 0 amide bonds. The van der Waals surface area contributed by atoms with Crippen LogP contribution in [0.15, 0.2) is 156 Å². The van der Waals surface area contributed by atoms with E-state index in [1.54, 1.807) is 0 Å². The molecule has 2 nitrogen and oxygen atoms in total. The number of rotatable bonds is 4. The molecule has 0 unspecified atom stereocenters. The van der Waals surface area contributed by atoms with Crippen molar-refractivity contribution < 1.29 is 4.42 Å². The Bertz CT molecular complexity index is 2480. The van der Waals surface area contributed by atoms with E-state index in [0.29, 0.717) is 0 Å². The molecule has 0 saturated carbocycles. The SMILES string of the molecule is c1cc(-c2cccc3ccccc23)cc(N(c2ccc3c(c2)oc2ccccc23)c2ccc3sc4ccccc4c3c2)c1. The van der Waals surface area contributed by atoms with Gasteiger partial charge in [-0.25, -0.2) is 0 Å². The van der Waals surface area contributed by atoms with Crippen molar-refractivity contribution >= 4 is 81.3 Å². The summed E-state index contributed by atoms with van der Waals surface area (Å²) in [6.45, 7) is 0. The summed E-state index contributed by atoms with van der Waals surface area (Å²) in [6, 6.07) is 54.4. The standard InChI is InChI=1S/C40H25NOS/c1-2-13-31-26(9-1)10-8-16-32(31)27-11-7-12-28(23-27)41(29-20-22-40-36(24-29)35-15-4-6-18-39(35)43-40)30-19-21-34-33-14-3-5-17-37(33)42-38(34)25-30/h1-25H. The fourth-order valence-corrected chi connectivity index (χ4v) is 7.53. The largest absolute Gasteiger partial charge is 0.456 e. The Kier molecular flexibility index (Phi) is 5.40. The normalized spacial score (nSPS) is 11.7. The van der Waals surface area contributed by atoms with Gasteiger partial charge in [0.05, 0.1) is 0 Å². The Hall–Kier alpha value is -5.38. The highest BCUT2D eigenvalue weighted by Gasteiger charge is 2.18. The Balaban J connectivity index is 1.27. The van der Waals surface area contributed by atoms with Gasteiger partial charge >= 0.3 is 0 Å². The summed E-state index contributed by atoms with van der Waals surface area (Å²) in [5, 5.41) is 7.33. The lowest BCUT2D eigenvalue weighted by molar-refractivity contribution is 0.669. The molecular weight excluding hydrogens is 543 g/mol. The number of nitrogens with zero attached hydrogens (tertiary/aromatic N) is 1. The van der Waals surface area contributed by atoms with E-state index in [4.69, 9.17) is 4.42 Å². The van der Waals surface area contributed by atoms with Gasteiger partial charge in [-0.3, -0.25) is 0 Å². The number of anilines is 3. The Morgan fingerprint density at radius 3 is 2.05 bits per heavy atom. The molecule has 202 valence electrons. The molecule has 0 aliphatic heterocycles. The smallest absolute Gasteiger partial charge is 0.137 e. The quantitative estimate of drug-likeness (QED) is 0.210. The summed E-state index contributed by atoms with van der Waals surface area (Å²) in [6.07, 6.45) is 0. The van der Waals surface area contributed by atoms with Crippen LogP contribution < -0.4 is 4.90 Å². The van der Waals surface area contributed by atoms with Crippen LogP contribution in [0, 0.1) is 0 Å². The van der Waals surface area contributed by atoms with Crippen LogP contribution in [-0.2, 0) is 0 Å². The van der Waals surface area contributed by atoms with Gasteiger partial charge in [-0.2, -0.15) is 0 Å². The summed E-state index contributed by atoms with van der Waals surface area (Å²) in [4.78, 5) is 2.35. The fraction of sp³-hybridized carbons (Fsp3) is 0. The van der Waals surface area contributed by atoms with Crippen LogP contribution in [0.1, 0.15) is 0 Å². The van der Waals surface area contributed by atoms with Crippen molar-refractivity contribution in [3.8, 4) is 11.1 Å². The molecule has 9 rings (SSSR count). The minimum Gasteiger partial charge on any atom is -0.456 e. The first kappa shape index (κ1) is 24.2. The van der Waals surface area contributed by atoms with E-state index in [2.05, 4.69) is 144 Å². The Labute approximate surface area is 252 Å². The van der Waals surface area contributed by atoms with Gasteiger partial charge in [-0.15, -0.1) is 11.3 Å². The van der Waals surface area contributed by atoms with E-state index in [1.807, 2.05) is 23.5 Å². The zero-order valence-electron chi connectivity index (χ0n) is 23.2. The molecule has 3 heteroatoms. The van der Waals surface area contributed by atoms with Crippen LogP contribution >= 0.6 is 11.3 Å². The Morgan fingerprint density at radius 1 is 0.419 bits per heavy atom. The highest BCUT2D eigenvalue weighted by Crippen LogP contribution is 2.43. The van der Waals surface area contributed by atoms with Crippen molar-refractivity contribution in [2.45, 2.75) is 0 Å². The lowest BCUT2D eigenvalue weighted by Gasteiger charge is -2.26. The van der Waals surface area contributed by atoms with Crippen LogP contribution in [0.2, 0.25) is 0 Å². The van der Waals surface area contributed by atoms with Crippen molar-refractivity contribution in [3.05, 3.63) is 152 Å². The average molecular weight is 568 g/mol. The van der Waals surface area contributed by atoms with Crippen LogP contribution in [-0.4, -0.2) is 0 Å². The molecule has 2 aromatic heterocycles. The maximum atomic E-state index is 6.35. The molecule has 0 radical (unpaired) electrons. The predicted molar refractivity (Wildman–Crippen MR) is 184 cm³/mol. The van der Waals surface area contributed by atoms with Crippen LogP contribution in [0.4, 0.5) is 17.1 Å². The molecule has 0 fully saturated rings. The van der Waals surface area contributed by atoms with Crippen LogP contribution in [0.5, 0.6) is 0 Å². The van der Waals surface area contributed by atoms with Gasteiger partial charge in [0, 0.05) is 54.1 Å². The third-order valence-electron chi connectivity index (χ3n) is 8.44. The highest BCUT2D eigenvalue weighted by molar-refractivity contribution is 7.25. The van der Waals surface area contributed by atoms with Gasteiger partial charge < -0.3 is 9.32 Å². The topological polar surface area (TPSA) is 16.4 Å². The van der Waals surface area contributed by atoms with Crippen molar-refractivity contribution in [2.24, 2.45) is 0 Å². The van der Waals surface area contributed by atoms with Crippen molar-refractivity contribution in [1.29, 1.82) is 0 Å². The van der Waals surface area contributed by atoms with Crippen molar-refractivity contribution in [1.82, 2.24) is 0 Å². The second kappa shape index (κ2) is 9.59. The molecule has 0 aliphatic carbocycles. The number of para-hydroxylation sites is 1. The summed E-state index contributed by atoms with van der Waals surface area (Å²) in [5.74, 6) is 0. The first-order valence-corrected chi connectivity index (χ1v) is 15.3. The summed E-state index contributed by atoms with van der Waals surface area (Å²) in [7, 11) is 0. The number of furan rings is 1. The van der Waals surface area contributed by atoms with Crippen LogP contribution in [0.25, 0.3) is 64.0 Å². The molecule has 0 saturated heterocycles. The summed E-state index contributed by atoms with van der Waals surface area (Å²) >= 11 is 1.85. The summed E-state index contributed by atoms with van der Waals surface area (Å²) < 4.78 is 8.95. The molecule has 0 aliphatic rings. The average Bonchev–Trinajstić information content (AvgIpc) is 3.62. The van der Waals surface area contributed by atoms with Gasteiger partial charge in [-0.05, 0) is 76.5 Å². The molecule has 7 aromatic carbocycles. The molecule has 2 heterocycles. The summed E-state index contributed by atoms with van der Waals surface area (Å²) in [5.41, 5.74) is 7.47. The molecular formula is C40H25NOS. The number of benzene rings is 7. The van der Waals surface area contributed by atoms with E-state index < -0.39 is 0 Å². The van der Waals surface area contributed by atoms with Crippen molar-refractivity contribution in [2.75, 3.05) is 4.90 Å². The minimum atomic E-state index is 0.885. The molecule has 0 N–H and O–H groups in total. The number of hydrogen-bond donors (Lipinski definition) is 0. The predicted octanol–water partition coefficient (Wildman–Crippen LogP) is 12.2. The molecule has 0 spiro atoms. The zero-order chi connectivity index (χ0) is 28.3. The first-order valence-electron chi connectivity index (χ1n) is 14.5. The van der Waals surface area contributed by atoms with Gasteiger partial charge in [0.2, 0.25) is 0 Å². The second-order valence-corrected chi connectivity index (χ2v) is 12.1. The number of thiophene rings is 1. The van der Waals surface area contributed by atoms with Gasteiger partial charge in [0.25, 0.3) is 0 Å². The zero-order valence-corrected chi connectivity index (χ0v) is 24.0. The Morgan fingerprint density at radius 2 is 1.09 bits per heavy atom. The number of fused-ring (bicyclic) bond motifs is 7. The third kappa shape index (κ3) is 3.93. The molecule has 0 bridgehead atoms. The van der Waals surface area contributed by atoms with Gasteiger partial charge in [-0.1, -0.05) is 91.0 Å². The van der Waals surface area contributed by atoms with Gasteiger partial charge in [0.15, 0.2) is 0 Å². The van der Waals surface area contributed by atoms with E-state index in [1.165, 1.54) is 42.1 Å². The first-order chi connectivity index (χ1) is 21.3.